The summed E-state index contributed by atoms with van der Waals surface area (Å²) in [5.41, 5.74) is 8.24. The molecule has 5 heteroatoms. The second-order valence-electron chi connectivity index (χ2n) is 11.0. The maximum atomic E-state index is 13.8. The van der Waals surface area contributed by atoms with Crippen LogP contribution in [0.1, 0.15) is 65.4 Å². The number of carbonyl (C=O) groups is 1. The summed E-state index contributed by atoms with van der Waals surface area (Å²) >= 11 is 0. The molecule has 1 aliphatic carbocycles. The molecule has 39 heavy (non-hydrogen) atoms. The molecule has 5 nitrogen and oxygen atoms in total. The predicted octanol–water partition coefficient (Wildman–Crippen LogP) is 6.36. The van der Waals surface area contributed by atoms with E-state index in [4.69, 9.17) is 4.98 Å². The Hall–Kier alpha value is -3.96. The normalized spacial score (nSPS) is 15.6. The predicted molar refractivity (Wildman–Crippen MR) is 156 cm³/mol. The summed E-state index contributed by atoms with van der Waals surface area (Å²) in [5, 5.41) is 14.4. The lowest BCUT2D eigenvalue weighted by Crippen LogP contribution is -2.45. The van der Waals surface area contributed by atoms with Gasteiger partial charge in [-0.3, -0.25) is 9.20 Å². The third-order valence-electron chi connectivity index (χ3n) is 8.47. The van der Waals surface area contributed by atoms with E-state index in [1.807, 2.05) is 30.3 Å². The fraction of sp³-hybridized carbons (Fsp3) is 0.294. The quantitative estimate of drug-likeness (QED) is 0.264. The molecule has 1 unspecified atom stereocenters. The van der Waals surface area contributed by atoms with Crippen molar-refractivity contribution in [2.75, 3.05) is 6.61 Å². The Labute approximate surface area is 229 Å². The van der Waals surface area contributed by atoms with Crippen LogP contribution in [-0.2, 0) is 16.6 Å². The molecule has 5 aromatic rings. The van der Waals surface area contributed by atoms with E-state index in [9.17, 15) is 9.90 Å². The van der Waals surface area contributed by atoms with Gasteiger partial charge >= 0.3 is 0 Å². The molecule has 1 aliphatic rings. The molecule has 1 amide bonds. The third-order valence-corrected chi connectivity index (χ3v) is 8.47. The fourth-order valence-electron chi connectivity index (χ4n) is 6.50. The maximum absolute atomic E-state index is 13.8. The zero-order valence-corrected chi connectivity index (χ0v) is 22.7. The summed E-state index contributed by atoms with van der Waals surface area (Å²) < 4.78 is 2.26. The van der Waals surface area contributed by atoms with E-state index >= 15 is 0 Å². The van der Waals surface area contributed by atoms with Gasteiger partial charge in [-0.1, -0.05) is 85.6 Å². The van der Waals surface area contributed by atoms with Gasteiger partial charge in [-0.15, -0.1) is 0 Å². The van der Waals surface area contributed by atoms with Gasteiger partial charge in [-0.05, 0) is 55.5 Å². The fourth-order valence-corrected chi connectivity index (χ4v) is 6.50. The summed E-state index contributed by atoms with van der Waals surface area (Å²) in [6.07, 6.45) is 4.46. The number of rotatable bonds is 7. The van der Waals surface area contributed by atoms with Crippen molar-refractivity contribution in [2.45, 2.75) is 57.4 Å². The SMILES string of the molecule is Cc1cc(C)n2c(n1)c(Cc1ccc(C3(C(=O)NC(CO)c4ccccc4)CCCC3)cc1)c1ccccc12. The van der Waals surface area contributed by atoms with Crippen molar-refractivity contribution in [1.82, 2.24) is 14.7 Å². The highest BCUT2D eigenvalue weighted by molar-refractivity contribution is 5.92. The number of hydrogen-bond acceptors (Lipinski definition) is 3. The van der Waals surface area contributed by atoms with Gasteiger partial charge in [0.25, 0.3) is 0 Å². The van der Waals surface area contributed by atoms with Gasteiger partial charge in [0.15, 0.2) is 0 Å². The monoisotopic (exact) mass is 517 g/mol. The second-order valence-corrected chi connectivity index (χ2v) is 11.0. The van der Waals surface area contributed by atoms with Gasteiger partial charge < -0.3 is 10.4 Å². The van der Waals surface area contributed by atoms with Crippen molar-refractivity contribution in [3.8, 4) is 0 Å². The minimum atomic E-state index is -0.563. The topological polar surface area (TPSA) is 66.6 Å². The summed E-state index contributed by atoms with van der Waals surface area (Å²) in [6.45, 7) is 4.06. The highest BCUT2D eigenvalue weighted by atomic mass is 16.3. The van der Waals surface area contributed by atoms with Crippen molar-refractivity contribution >= 4 is 22.5 Å². The molecular weight excluding hydrogens is 482 g/mol. The van der Waals surface area contributed by atoms with Crippen LogP contribution in [0.3, 0.4) is 0 Å². The first-order valence-corrected chi connectivity index (χ1v) is 13.9. The van der Waals surface area contributed by atoms with E-state index in [1.165, 1.54) is 27.7 Å². The number of aromatic nitrogens is 2. The van der Waals surface area contributed by atoms with E-state index in [2.05, 4.69) is 78.2 Å². The number of aliphatic hydroxyl groups excluding tert-OH is 1. The number of nitrogens with one attached hydrogen (secondary N) is 1. The van der Waals surface area contributed by atoms with Crippen molar-refractivity contribution in [1.29, 1.82) is 0 Å². The largest absolute Gasteiger partial charge is 0.394 e. The van der Waals surface area contributed by atoms with E-state index in [-0.39, 0.29) is 12.5 Å². The molecule has 0 spiro atoms. The molecule has 3 aromatic carbocycles. The number of carbonyl (C=O) groups excluding carboxylic acids is 1. The van der Waals surface area contributed by atoms with Gasteiger partial charge in [0.2, 0.25) is 5.91 Å². The number of nitrogens with zero attached hydrogens (tertiary/aromatic N) is 2. The minimum absolute atomic E-state index is 0.00947. The standard InChI is InChI=1S/C34H35N3O2/c1-23-20-24(2)37-31-13-7-6-12-28(31)29(32(37)35-23)21-25-14-16-27(17-15-25)34(18-8-9-19-34)33(39)36-30(22-38)26-10-4-3-5-11-26/h3-7,10-17,20,30,38H,8-9,18-19,21-22H2,1-2H3,(H,36,39). The van der Waals surface area contributed by atoms with Crippen LogP contribution in [0.2, 0.25) is 0 Å². The highest BCUT2D eigenvalue weighted by Crippen LogP contribution is 2.42. The Morgan fingerprint density at radius 2 is 1.67 bits per heavy atom. The van der Waals surface area contributed by atoms with Crippen LogP contribution in [0, 0.1) is 13.8 Å². The van der Waals surface area contributed by atoms with E-state index in [0.717, 1.165) is 54.6 Å². The van der Waals surface area contributed by atoms with Crippen LogP contribution < -0.4 is 5.32 Å². The number of aliphatic hydroxyl groups is 1. The van der Waals surface area contributed by atoms with Gasteiger partial charge in [0, 0.05) is 28.8 Å². The number of amides is 1. The van der Waals surface area contributed by atoms with E-state index in [0.29, 0.717) is 0 Å². The van der Waals surface area contributed by atoms with Crippen molar-refractivity contribution in [3.63, 3.8) is 0 Å². The number of aryl methyl sites for hydroxylation is 2. The first-order valence-electron chi connectivity index (χ1n) is 13.9. The molecule has 1 saturated carbocycles. The second kappa shape index (κ2) is 10.3. The lowest BCUT2D eigenvalue weighted by Gasteiger charge is -2.31. The maximum Gasteiger partial charge on any atom is 0.231 e. The van der Waals surface area contributed by atoms with Crippen LogP contribution in [-0.4, -0.2) is 27.0 Å². The number of para-hydroxylation sites is 1. The van der Waals surface area contributed by atoms with Gasteiger partial charge in [-0.2, -0.15) is 0 Å². The minimum Gasteiger partial charge on any atom is -0.394 e. The molecule has 0 bridgehead atoms. The molecule has 1 atom stereocenters. The van der Waals surface area contributed by atoms with Gasteiger partial charge in [0.05, 0.1) is 23.6 Å². The Morgan fingerprint density at radius 1 is 0.974 bits per heavy atom. The zero-order valence-electron chi connectivity index (χ0n) is 22.7. The average Bonchev–Trinajstić information content (AvgIpc) is 3.57. The summed E-state index contributed by atoms with van der Waals surface area (Å²) in [6, 6.07) is 28.6. The lowest BCUT2D eigenvalue weighted by molar-refractivity contribution is -0.127. The number of fused-ring (bicyclic) bond motifs is 3. The van der Waals surface area contributed by atoms with Crippen molar-refractivity contribution < 1.29 is 9.90 Å². The highest BCUT2D eigenvalue weighted by Gasteiger charge is 2.43. The molecule has 2 aromatic heterocycles. The summed E-state index contributed by atoms with van der Waals surface area (Å²) in [7, 11) is 0. The van der Waals surface area contributed by atoms with Crippen LogP contribution >= 0.6 is 0 Å². The molecule has 198 valence electrons. The van der Waals surface area contributed by atoms with Crippen LogP contribution in [0.25, 0.3) is 16.6 Å². The number of benzene rings is 3. The van der Waals surface area contributed by atoms with Crippen LogP contribution in [0.15, 0.2) is 84.9 Å². The molecule has 2 heterocycles. The van der Waals surface area contributed by atoms with Crippen LogP contribution in [0.5, 0.6) is 0 Å². The molecule has 0 radical (unpaired) electrons. The average molecular weight is 518 g/mol. The van der Waals surface area contributed by atoms with Crippen LogP contribution in [0.4, 0.5) is 0 Å². The summed E-state index contributed by atoms with van der Waals surface area (Å²) in [4.78, 5) is 18.7. The lowest BCUT2D eigenvalue weighted by atomic mass is 9.77. The molecule has 0 aliphatic heterocycles. The van der Waals surface area contributed by atoms with Crippen molar-refractivity contribution in [3.05, 3.63) is 119 Å². The Bertz CT molecular complexity index is 1630. The smallest absolute Gasteiger partial charge is 0.231 e. The molecule has 1 fully saturated rings. The Morgan fingerprint density at radius 3 is 2.38 bits per heavy atom. The molecule has 6 rings (SSSR count). The Balaban J connectivity index is 1.31. The Kier molecular flexibility index (Phi) is 6.69. The van der Waals surface area contributed by atoms with Gasteiger partial charge in [0.1, 0.15) is 5.65 Å². The first kappa shape index (κ1) is 25.3. The molecular formula is C34H35N3O2. The molecule has 2 N–H and O–H groups in total. The third kappa shape index (κ3) is 4.51. The number of hydrogen-bond donors (Lipinski definition) is 2. The summed E-state index contributed by atoms with van der Waals surface area (Å²) in [5.74, 6) is 0.00947. The zero-order chi connectivity index (χ0) is 27.0. The van der Waals surface area contributed by atoms with Crippen molar-refractivity contribution in [2.24, 2.45) is 0 Å². The van der Waals surface area contributed by atoms with E-state index in [1.54, 1.807) is 0 Å². The van der Waals surface area contributed by atoms with Gasteiger partial charge in [-0.25, -0.2) is 4.98 Å². The van der Waals surface area contributed by atoms with E-state index < -0.39 is 11.5 Å². The first-order chi connectivity index (χ1) is 19.0. The molecule has 0 saturated heterocycles.